The first-order chi connectivity index (χ1) is 8.25. The van der Waals surface area contributed by atoms with Crippen LogP contribution in [0.15, 0.2) is 6.20 Å². The van der Waals surface area contributed by atoms with Gasteiger partial charge >= 0.3 is 5.97 Å². The molecule has 1 saturated heterocycles. The number of nitrogens with one attached hydrogen (secondary N) is 1. The fourth-order valence-electron chi connectivity index (χ4n) is 2.88. The first kappa shape index (κ1) is 13.4. The number of aromatic nitrogens is 2. The molecule has 0 bridgehead atoms. The van der Waals surface area contributed by atoms with Gasteiger partial charge in [0.15, 0.2) is 0 Å². The number of aliphatic carboxylic acids is 1. The van der Waals surface area contributed by atoms with E-state index in [0.29, 0.717) is 12.5 Å². The molecule has 0 spiro atoms. The van der Waals surface area contributed by atoms with Crippen molar-refractivity contribution in [3.63, 3.8) is 0 Å². The molecule has 100 valence electrons. The normalized spacial score (nSPS) is 26.4. The van der Waals surface area contributed by atoms with E-state index < -0.39 is 5.97 Å². The molecule has 1 aromatic rings. The molecule has 0 aliphatic carbocycles. The Morgan fingerprint density at radius 2 is 2.33 bits per heavy atom. The van der Waals surface area contributed by atoms with Crippen LogP contribution in [0.3, 0.4) is 0 Å². The van der Waals surface area contributed by atoms with Gasteiger partial charge in [-0.2, -0.15) is 0 Å². The highest BCUT2D eigenvalue weighted by Crippen LogP contribution is 2.28. The highest BCUT2D eigenvalue weighted by atomic mass is 35.5. The second-order valence-corrected chi connectivity index (χ2v) is 4.94. The number of carboxylic acids is 1. The molecule has 3 heterocycles. The number of nitrogens with zero attached hydrogens (tertiary/aromatic N) is 2. The van der Waals surface area contributed by atoms with Gasteiger partial charge < -0.3 is 15.0 Å². The number of carbonyl (C=O) groups is 1. The Hall–Kier alpha value is -1.07. The van der Waals surface area contributed by atoms with Crippen molar-refractivity contribution in [2.24, 2.45) is 5.92 Å². The number of halogens is 1. The van der Waals surface area contributed by atoms with E-state index in [1.54, 1.807) is 0 Å². The van der Waals surface area contributed by atoms with Gasteiger partial charge in [-0.3, -0.25) is 4.79 Å². The molecule has 1 aromatic heterocycles. The van der Waals surface area contributed by atoms with Crippen molar-refractivity contribution in [2.45, 2.75) is 38.3 Å². The van der Waals surface area contributed by atoms with E-state index in [-0.39, 0.29) is 18.3 Å². The van der Waals surface area contributed by atoms with E-state index in [2.05, 4.69) is 14.9 Å². The zero-order valence-corrected chi connectivity index (χ0v) is 10.9. The monoisotopic (exact) mass is 271 g/mol. The van der Waals surface area contributed by atoms with Gasteiger partial charge in [-0.05, 0) is 25.8 Å². The third-order valence-electron chi connectivity index (χ3n) is 3.85. The fraction of sp³-hybridized carbons (Fsp3) is 0.667. The van der Waals surface area contributed by atoms with Crippen molar-refractivity contribution in [2.75, 3.05) is 6.54 Å². The molecule has 2 atom stereocenters. The summed E-state index contributed by atoms with van der Waals surface area (Å²) < 4.78 is 2.21. The van der Waals surface area contributed by atoms with Crippen molar-refractivity contribution in [1.29, 1.82) is 0 Å². The first-order valence-electron chi connectivity index (χ1n) is 6.26. The van der Waals surface area contributed by atoms with Crippen molar-refractivity contribution in [3.8, 4) is 0 Å². The molecule has 2 N–H and O–H groups in total. The molecule has 0 radical (unpaired) electrons. The molecule has 1 fully saturated rings. The average molecular weight is 272 g/mol. The quantitative estimate of drug-likeness (QED) is 0.853. The van der Waals surface area contributed by atoms with E-state index in [0.717, 1.165) is 37.4 Å². The van der Waals surface area contributed by atoms with Gasteiger partial charge in [-0.1, -0.05) is 0 Å². The average Bonchev–Trinajstić information content (AvgIpc) is 2.96. The van der Waals surface area contributed by atoms with Gasteiger partial charge in [0.1, 0.15) is 5.82 Å². The van der Waals surface area contributed by atoms with Gasteiger partial charge in [0.05, 0.1) is 12.0 Å². The van der Waals surface area contributed by atoms with Gasteiger partial charge in [0.25, 0.3) is 0 Å². The fourth-order valence-corrected chi connectivity index (χ4v) is 2.88. The zero-order chi connectivity index (χ0) is 11.8. The number of imidazole rings is 1. The zero-order valence-electron chi connectivity index (χ0n) is 10.1. The van der Waals surface area contributed by atoms with Crippen LogP contribution in [0.2, 0.25) is 0 Å². The molecule has 6 heteroatoms. The van der Waals surface area contributed by atoms with Crippen LogP contribution in [0.5, 0.6) is 0 Å². The Labute approximate surface area is 112 Å². The smallest absolute Gasteiger partial charge is 0.306 e. The summed E-state index contributed by atoms with van der Waals surface area (Å²) in [5.41, 5.74) is 1.08. The maximum absolute atomic E-state index is 11.0. The Kier molecular flexibility index (Phi) is 3.92. The molecule has 5 nitrogen and oxygen atoms in total. The highest BCUT2D eigenvalue weighted by molar-refractivity contribution is 5.85. The standard InChI is InChI=1S/C12H17N3O2.ClH/c16-12(17)8-3-5-15-9(6-8)7-14-11(15)10-2-1-4-13-10;/h7-8,10,13H,1-6H2,(H,16,17);1H. The van der Waals surface area contributed by atoms with Crippen molar-refractivity contribution >= 4 is 18.4 Å². The van der Waals surface area contributed by atoms with E-state index >= 15 is 0 Å². The SMILES string of the molecule is Cl.O=C(O)C1CCn2c(cnc2C2CCCN2)C1. The highest BCUT2D eigenvalue weighted by Gasteiger charge is 2.29. The maximum Gasteiger partial charge on any atom is 0.306 e. The summed E-state index contributed by atoms with van der Waals surface area (Å²) in [6.45, 7) is 1.85. The van der Waals surface area contributed by atoms with Crippen LogP contribution >= 0.6 is 12.4 Å². The molecule has 0 aromatic carbocycles. The Balaban J connectivity index is 0.00000120. The summed E-state index contributed by atoms with van der Waals surface area (Å²) in [6.07, 6.45) is 5.53. The minimum atomic E-state index is -0.682. The lowest BCUT2D eigenvalue weighted by Crippen LogP contribution is -2.27. The van der Waals surface area contributed by atoms with E-state index in [9.17, 15) is 4.79 Å². The summed E-state index contributed by atoms with van der Waals surface area (Å²) in [4.78, 5) is 15.5. The molecule has 3 rings (SSSR count). The van der Waals surface area contributed by atoms with E-state index in [1.165, 1.54) is 6.42 Å². The van der Waals surface area contributed by atoms with Crippen LogP contribution < -0.4 is 5.32 Å². The number of rotatable bonds is 2. The number of fused-ring (bicyclic) bond motifs is 1. The van der Waals surface area contributed by atoms with E-state index in [4.69, 9.17) is 5.11 Å². The molecule has 0 saturated carbocycles. The van der Waals surface area contributed by atoms with Crippen LogP contribution in [0, 0.1) is 5.92 Å². The van der Waals surface area contributed by atoms with Crippen LogP contribution in [0.4, 0.5) is 0 Å². The maximum atomic E-state index is 11.0. The van der Waals surface area contributed by atoms with Gasteiger partial charge in [-0.25, -0.2) is 4.98 Å². The molecular formula is C12H18ClN3O2. The second kappa shape index (κ2) is 5.28. The Morgan fingerprint density at radius 3 is 3.00 bits per heavy atom. The van der Waals surface area contributed by atoms with Gasteiger partial charge in [-0.15, -0.1) is 12.4 Å². The lowest BCUT2D eigenvalue weighted by Gasteiger charge is -2.23. The second-order valence-electron chi connectivity index (χ2n) is 4.94. The summed E-state index contributed by atoms with van der Waals surface area (Å²) in [6, 6.07) is 0.366. The summed E-state index contributed by atoms with van der Waals surface area (Å²) in [5.74, 6) is 0.183. The molecule has 2 aliphatic heterocycles. The van der Waals surface area contributed by atoms with Crippen molar-refractivity contribution in [3.05, 3.63) is 17.7 Å². The number of hydrogen-bond donors (Lipinski definition) is 2. The van der Waals surface area contributed by atoms with Crippen molar-refractivity contribution in [1.82, 2.24) is 14.9 Å². The van der Waals surface area contributed by atoms with Crippen LogP contribution in [-0.2, 0) is 17.8 Å². The summed E-state index contributed by atoms with van der Waals surface area (Å²) in [7, 11) is 0. The van der Waals surface area contributed by atoms with Gasteiger partial charge in [0, 0.05) is 24.9 Å². The predicted octanol–water partition coefficient (Wildman–Crippen LogP) is 1.38. The number of carboxylic acid groups (broad SMARTS) is 1. The van der Waals surface area contributed by atoms with Crippen molar-refractivity contribution < 1.29 is 9.90 Å². The minimum absolute atomic E-state index is 0. The Bertz CT molecular complexity index is 441. The van der Waals surface area contributed by atoms with E-state index in [1.807, 2.05) is 6.20 Å². The summed E-state index contributed by atoms with van der Waals surface area (Å²) >= 11 is 0. The third kappa shape index (κ3) is 2.24. The third-order valence-corrected chi connectivity index (χ3v) is 3.85. The predicted molar refractivity (Wildman–Crippen MR) is 68.9 cm³/mol. The van der Waals surface area contributed by atoms with Crippen LogP contribution in [-0.4, -0.2) is 27.2 Å². The number of hydrogen-bond acceptors (Lipinski definition) is 3. The minimum Gasteiger partial charge on any atom is -0.481 e. The Morgan fingerprint density at radius 1 is 1.50 bits per heavy atom. The first-order valence-corrected chi connectivity index (χ1v) is 6.26. The van der Waals surface area contributed by atoms with Crippen LogP contribution in [0.1, 0.15) is 36.8 Å². The van der Waals surface area contributed by atoms with Crippen LogP contribution in [0.25, 0.3) is 0 Å². The largest absolute Gasteiger partial charge is 0.481 e. The lowest BCUT2D eigenvalue weighted by atomic mass is 9.96. The summed E-state index contributed by atoms with van der Waals surface area (Å²) in [5, 5.41) is 12.5. The molecular weight excluding hydrogens is 254 g/mol. The molecule has 18 heavy (non-hydrogen) atoms. The molecule has 0 amide bonds. The molecule has 2 unspecified atom stereocenters. The molecule has 2 aliphatic rings. The lowest BCUT2D eigenvalue weighted by molar-refractivity contribution is -0.142. The topological polar surface area (TPSA) is 67.1 Å². The van der Waals surface area contributed by atoms with Gasteiger partial charge in [0.2, 0.25) is 0 Å².